The molecule has 20 heavy (non-hydrogen) atoms. The van der Waals surface area contributed by atoms with Crippen molar-refractivity contribution in [3.63, 3.8) is 0 Å². The third-order valence-electron chi connectivity index (χ3n) is 3.41. The number of hydrogen-bond donors (Lipinski definition) is 3. The van der Waals surface area contributed by atoms with Crippen molar-refractivity contribution in [3.05, 3.63) is 24.3 Å². The summed E-state index contributed by atoms with van der Waals surface area (Å²) in [7, 11) is 0. The summed E-state index contributed by atoms with van der Waals surface area (Å²) in [4.78, 5) is 7.86. The molecule has 0 bridgehead atoms. The first-order valence-corrected chi connectivity index (χ1v) is 8.09. The SMILES string of the molecule is CCCNC(C)(CO)CCSc1nc2ccccc2[nH]1. The van der Waals surface area contributed by atoms with Gasteiger partial charge in [0.1, 0.15) is 0 Å². The van der Waals surface area contributed by atoms with Crippen LogP contribution in [-0.4, -0.2) is 39.5 Å². The van der Waals surface area contributed by atoms with Crippen LogP contribution in [0.3, 0.4) is 0 Å². The van der Waals surface area contributed by atoms with E-state index in [1.165, 1.54) is 0 Å². The topological polar surface area (TPSA) is 60.9 Å². The molecule has 1 unspecified atom stereocenters. The van der Waals surface area contributed by atoms with Crippen LogP contribution in [0.5, 0.6) is 0 Å². The van der Waals surface area contributed by atoms with Crippen LogP contribution in [0.1, 0.15) is 26.7 Å². The highest BCUT2D eigenvalue weighted by molar-refractivity contribution is 7.99. The number of H-pyrrole nitrogens is 1. The summed E-state index contributed by atoms with van der Waals surface area (Å²) in [5.41, 5.74) is 1.88. The van der Waals surface area contributed by atoms with Crippen molar-refractivity contribution < 1.29 is 5.11 Å². The fourth-order valence-corrected chi connectivity index (χ4v) is 3.11. The molecule has 110 valence electrons. The van der Waals surface area contributed by atoms with E-state index in [1.54, 1.807) is 11.8 Å². The molecule has 1 heterocycles. The first-order chi connectivity index (χ1) is 9.67. The third-order valence-corrected chi connectivity index (χ3v) is 4.29. The minimum atomic E-state index is -0.199. The van der Waals surface area contributed by atoms with Crippen LogP contribution < -0.4 is 5.32 Å². The Morgan fingerprint density at radius 3 is 2.90 bits per heavy atom. The summed E-state index contributed by atoms with van der Waals surface area (Å²) in [6, 6.07) is 8.05. The van der Waals surface area contributed by atoms with Crippen molar-refractivity contribution in [1.29, 1.82) is 0 Å². The van der Waals surface area contributed by atoms with Crippen LogP contribution in [0, 0.1) is 0 Å². The van der Waals surface area contributed by atoms with E-state index in [-0.39, 0.29) is 12.1 Å². The van der Waals surface area contributed by atoms with Crippen LogP contribution >= 0.6 is 11.8 Å². The van der Waals surface area contributed by atoms with E-state index in [9.17, 15) is 5.11 Å². The number of imidazole rings is 1. The molecule has 1 aromatic heterocycles. The average molecular weight is 293 g/mol. The highest BCUT2D eigenvalue weighted by Gasteiger charge is 2.21. The van der Waals surface area contributed by atoms with Crippen LogP contribution in [-0.2, 0) is 0 Å². The lowest BCUT2D eigenvalue weighted by Gasteiger charge is -2.28. The van der Waals surface area contributed by atoms with Gasteiger partial charge in [-0.05, 0) is 38.4 Å². The zero-order valence-electron chi connectivity index (χ0n) is 12.1. The number of aliphatic hydroxyl groups is 1. The van der Waals surface area contributed by atoms with Gasteiger partial charge in [0.25, 0.3) is 0 Å². The van der Waals surface area contributed by atoms with Gasteiger partial charge in [-0.2, -0.15) is 0 Å². The summed E-state index contributed by atoms with van der Waals surface area (Å²) in [6.45, 7) is 5.30. The predicted octanol–water partition coefficient (Wildman–Crippen LogP) is 2.80. The van der Waals surface area contributed by atoms with Crippen LogP contribution in [0.2, 0.25) is 0 Å². The van der Waals surface area contributed by atoms with Crippen molar-refractivity contribution in [3.8, 4) is 0 Å². The van der Waals surface area contributed by atoms with Gasteiger partial charge in [0.2, 0.25) is 0 Å². The van der Waals surface area contributed by atoms with E-state index in [0.717, 1.165) is 41.3 Å². The zero-order valence-corrected chi connectivity index (χ0v) is 13.0. The van der Waals surface area contributed by atoms with Gasteiger partial charge in [-0.1, -0.05) is 30.8 Å². The maximum absolute atomic E-state index is 9.53. The number of fused-ring (bicyclic) bond motifs is 1. The maximum atomic E-state index is 9.53. The summed E-state index contributed by atoms with van der Waals surface area (Å²) < 4.78 is 0. The number of hydrogen-bond acceptors (Lipinski definition) is 4. The Balaban J connectivity index is 1.88. The van der Waals surface area contributed by atoms with Gasteiger partial charge in [-0.25, -0.2) is 4.98 Å². The molecule has 0 radical (unpaired) electrons. The molecule has 1 atom stereocenters. The van der Waals surface area contributed by atoms with Gasteiger partial charge in [0, 0.05) is 11.3 Å². The van der Waals surface area contributed by atoms with Gasteiger partial charge in [0.15, 0.2) is 5.16 Å². The van der Waals surface area contributed by atoms with Crippen molar-refractivity contribution in [2.24, 2.45) is 0 Å². The molecule has 0 aliphatic carbocycles. The smallest absolute Gasteiger partial charge is 0.166 e. The van der Waals surface area contributed by atoms with Gasteiger partial charge in [0.05, 0.1) is 17.6 Å². The number of nitrogens with zero attached hydrogens (tertiary/aromatic N) is 1. The fourth-order valence-electron chi connectivity index (χ4n) is 2.02. The molecule has 0 saturated carbocycles. The van der Waals surface area contributed by atoms with E-state index in [0.29, 0.717) is 0 Å². The number of nitrogens with one attached hydrogen (secondary N) is 2. The number of rotatable bonds is 8. The van der Waals surface area contributed by atoms with Gasteiger partial charge in [-0.15, -0.1) is 0 Å². The molecule has 0 aliphatic heterocycles. The molecule has 0 aliphatic rings. The fraction of sp³-hybridized carbons (Fsp3) is 0.533. The lowest BCUT2D eigenvalue weighted by atomic mass is 10.0. The summed E-state index contributed by atoms with van der Waals surface area (Å²) in [5, 5.41) is 13.9. The Kier molecular flexibility index (Phi) is 5.46. The van der Waals surface area contributed by atoms with Crippen molar-refractivity contribution >= 4 is 22.8 Å². The Morgan fingerprint density at radius 2 is 2.20 bits per heavy atom. The number of aromatic nitrogens is 2. The number of aliphatic hydroxyl groups excluding tert-OH is 1. The molecule has 3 N–H and O–H groups in total. The second-order valence-electron chi connectivity index (χ2n) is 5.30. The summed E-state index contributed by atoms with van der Waals surface area (Å²) in [6.07, 6.45) is 1.98. The van der Waals surface area contributed by atoms with Crippen molar-refractivity contribution in [1.82, 2.24) is 15.3 Å². The van der Waals surface area contributed by atoms with E-state index < -0.39 is 0 Å². The van der Waals surface area contributed by atoms with Gasteiger partial charge in [-0.3, -0.25) is 0 Å². The van der Waals surface area contributed by atoms with E-state index in [1.807, 2.05) is 24.3 Å². The van der Waals surface area contributed by atoms with Crippen LogP contribution in [0.25, 0.3) is 11.0 Å². The molecule has 5 heteroatoms. The monoisotopic (exact) mass is 293 g/mol. The average Bonchev–Trinajstić information content (AvgIpc) is 2.87. The quantitative estimate of drug-likeness (QED) is 0.655. The highest BCUT2D eigenvalue weighted by Crippen LogP contribution is 2.22. The van der Waals surface area contributed by atoms with Crippen molar-refractivity contribution in [2.45, 2.75) is 37.4 Å². The van der Waals surface area contributed by atoms with Crippen LogP contribution in [0.15, 0.2) is 29.4 Å². The van der Waals surface area contributed by atoms with Crippen molar-refractivity contribution in [2.75, 3.05) is 18.9 Å². The van der Waals surface area contributed by atoms with Gasteiger partial charge < -0.3 is 15.4 Å². The number of benzene rings is 1. The molecule has 0 spiro atoms. The molecule has 2 aromatic rings. The standard InChI is InChI=1S/C15H23N3OS/c1-3-9-16-15(2,11-19)8-10-20-14-17-12-6-4-5-7-13(12)18-14/h4-7,16,19H,3,8-11H2,1-2H3,(H,17,18). The zero-order chi connectivity index (χ0) is 14.4. The molecule has 0 amide bonds. The highest BCUT2D eigenvalue weighted by atomic mass is 32.2. The maximum Gasteiger partial charge on any atom is 0.166 e. The summed E-state index contributed by atoms with van der Waals surface area (Å²) in [5.74, 6) is 0.924. The first kappa shape index (κ1) is 15.4. The van der Waals surface area contributed by atoms with Gasteiger partial charge >= 0.3 is 0 Å². The number of para-hydroxylation sites is 2. The second kappa shape index (κ2) is 7.11. The molecule has 2 rings (SSSR count). The normalized spacial score (nSPS) is 14.6. The Morgan fingerprint density at radius 1 is 1.40 bits per heavy atom. The lowest BCUT2D eigenvalue weighted by Crippen LogP contribution is -2.46. The Hall–Kier alpha value is -1.04. The van der Waals surface area contributed by atoms with Crippen LogP contribution in [0.4, 0.5) is 0 Å². The molecular formula is C15H23N3OS. The summed E-state index contributed by atoms with van der Waals surface area (Å²) >= 11 is 1.70. The first-order valence-electron chi connectivity index (χ1n) is 7.10. The molecule has 0 fully saturated rings. The van der Waals surface area contributed by atoms with E-state index in [4.69, 9.17) is 0 Å². The molecule has 0 saturated heterocycles. The minimum Gasteiger partial charge on any atom is -0.394 e. The Bertz CT molecular complexity index is 510. The van der Waals surface area contributed by atoms with E-state index >= 15 is 0 Å². The minimum absolute atomic E-state index is 0.160. The Labute approximate surface area is 124 Å². The number of thioether (sulfide) groups is 1. The number of aromatic amines is 1. The molecular weight excluding hydrogens is 270 g/mol. The van der Waals surface area contributed by atoms with E-state index in [2.05, 4.69) is 29.1 Å². The predicted molar refractivity (Wildman–Crippen MR) is 85.2 cm³/mol. The lowest BCUT2D eigenvalue weighted by molar-refractivity contribution is 0.171. The second-order valence-corrected chi connectivity index (χ2v) is 6.39. The largest absolute Gasteiger partial charge is 0.394 e. The molecule has 4 nitrogen and oxygen atoms in total. The third kappa shape index (κ3) is 3.98. The molecule has 1 aromatic carbocycles.